The summed E-state index contributed by atoms with van der Waals surface area (Å²) < 4.78 is 1.85. The third kappa shape index (κ3) is 2.99. The Hall–Kier alpha value is -1.70. The van der Waals surface area contributed by atoms with E-state index in [0.717, 1.165) is 0 Å². The van der Waals surface area contributed by atoms with Gasteiger partial charge in [0.1, 0.15) is 15.9 Å². The quantitative estimate of drug-likeness (QED) is 0.820. The maximum Gasteiger partial charge on any atom is 0.254 e. The van der Waals surface area contributed by atoms with Crippen molar-refractivity contribution in [2.45, 2.75) is 39.5 Å². The van der Waals surface area contributed by atoms with Crippen LogP contribution in [0.25, 0.3) is 0 Å². The van der Waals surface area contributed by atoms with Gasteiger partial charge in [-0.2, -0.15) is 0 Å². The van der Waals surface area contributed by atoms with Crippen LogP contribution in [0.15, 0.2) is 6.07 Å². The molecule has 1 amide bonds. The second-order valence-electron chi connectivity index (χ2n) is 6.29. The number of amides is 1. The van der Waals surface area contributed by atoms with Gasteiger partial charge in [0, 0.05) is 18.7 Å². The minimum Gasteiger partial charge on any atom is -0.382 e. The van der Waals surface area contributed by atoms with Crippen molar-refractivity contribution in [1.82, 2.24) is 24.6 Å². The van der Waals surface area contributed by atoms with Crippen molar-refractivity contribution in [3.63, 3.8) is 0 Å². The number of aliphatic hydroxyl groups is 1. The van der Waals surface area contributed by atoms with E-state index in [9.17, 15) is 9.90 Å². The van der Waals surface area contributed by atoms with E-state index in [0.29, 0.717) is 42.4 Å². The maximum absolute atomic E-state index is 12.8. The Morgan fingerprint density at radius 1 is 1.29 bits per heavy atom. The Labute approximate surface area is 149 Å². The normalized spacial score (nSPS) is 14.7. The fourth-order valence-corrected chi connectivity index (χ4v) is 3.15. The second-order valence-corrected chi connectivity index (χ2v) is 7.03. The van der Waals surface area contributed by atoms with E-state index in [1.54, 1.807) is 25.7 Å². The molecule has 0 fully saturated rings. The number of carbonyl (C=O) groups is 1. The summed E-state index contributed by atoms with van der Waals surface area (Å²) in [7, 11) is 0. The number of hydrogen-bond donors (Lipinski definition) is 1. The zero-order chi connectivity index (χ0) is 17.6. The van der Waals surface area contributed by atoms with Gasteiger partial charge in [-0.3, -0.25) is 4.79 Å². The number of fused-ring (bicyclic) bond motifs is 1. The van der Waals surface area contributed by atoms with Crippen LogP contribution in [0.3, 0.4) is 0 Å². The summed E-state index contributed by atoms with van der Waals surface area (Å²) in [5.74, 6) is 0.948. The number of nitrogens with zero attached hydrogens (tertiary/aromatic N) is 5. The highest BCUT2D eigenvalue weighted by atomic mass is 35.5. The highest BCUT2D eigenvalue weighted by Crippen LogP contribution is 2.25. The van der Waals surface area contributed by atoms with Gasteiger partial charge in [0.25, 0.3) is 5.91 Å². The van der Waals surface area contributed by atoms with E-state index >= 15 is 0 Å². The van der Waals surface area contributed by atoms with Gasteiger partial charge in [-0.25, -0.2) is 4.98 Å². The van der Waals surface area contributed by atoms with E-state index in [4.69, 9.17) is 23.2 Å². The van der Waals surface area contributed by atoms with Crippen LogP contribution < -0.4 is 0 Å². The molecule has 24 heavy (non-hydrogen) atoms. The minimum atomic E-state index is -1.08. The van der Waals surface area contributed by atoms with Crippen molar-refractivity contribution in [2.75, 3.05) is 6.54 Å². The summed E-state index contributed by atoms with van der Waals surface area (Å²) in [4.78, 5) is 18.4. The summed E-state index contributed by atoms with van der Waals surface area (Å²) in [5.41, 5.74) is -0.0638. The van der Waals surface area contributed by atoms with E-state index in [2.05, 4.69) is 15.2 Å². The first kappa shape index (κ1) is 17.1. The molecule has 0 unspecified atom stereocenters. The molecule has 0 saturated carbocycles. The van der Waals surface area contributed by atoms with E-state index in [1.807, 2.05) is 4.57 Å². The summed E-state index contributed by atoms with van der Waals surface area (Å²) in [6, 6.07) is 1.52. The van der Waals surface area contributed by atoms with Gasteiger partial charge in [0.15, 0.2) is 11.6 Å². The van der Waals surface area contributed by atoms with Crippen molar-refractivity contribution < 1.29 is 9.90 Å². The Balaban J connectivity index is 1.89. The standard InChI is InChI=1S/C15H17Cl2N5O2/c1-8-9(6-10(16)18-12(8)17)13(23)21-4-5-22-11(7-21)19-20-14(22)15(2,3)24/h6,24H,4-5,7H2,1-3H3. The first-order chi connectivity index (χ1) is 11.2. The van der Waals surface area contributed by atoms with Gasteiger partial charge in [-0.1, -0.05) is 23.2 Å². The van der Waals surface area contributed by atoms with E-state index in [-0.39, 0.29) is 16.2 Å². The first-order valence-electron chi connectivity index (χ1n) is 7.45. The van der Waals surface area contributed by atoms with Gasteiger partial charge in [-0.05, 0) is 32.4 Å². The maximum atomic E-state index is 12.8. The van der Waals surface area contributed by atoms with Gasteiger partial charge in [0.2, 0.25) is 0 Å². The first-order valence-corrected chi connectivity index (χ1v) is 8.21. The third-order valence-corrected chi connectivity index (χ3v) is 4.56. The molecule has 2 aromatic rings. The van der Waals surface area contributed by atoms with Crippen LogP contribution in [0, 0.1) is 6.92 Å². The molecule has 3 heterocycles. The average molecular weight is 370 g/mol. The highest BCUT2D eigenvalue weighted by molar-refractivity contribution is 6.33. The van der Waals surface area contributed by atoms with Crippen molar-refractivity contribution in [1.29, 1.82) is 0 Å². The zero-order valence-corrected chi connectivity index (χ0v) is 15.1. The topological polar surface area (TPSA) is 84.1 Å². The Bertz CT molecular complexity index is 813. The molecule has 9 heteroatoms. The molecule has 1 aliphatic heterocycles. The molecule has 2 aromatic heterocycles. The molecule has 0 aromatic carbocycles. The van der Waals surface area contributed by atoms with Crippen molar-refractivity contribution in [3.05, 3.63) is 39.1 Å². The molecule has 3 rings (SSSR count). The molecule has 0 aliphatic carbocycles. The van der Waals surface area contributed by atoms with Crippen molar-refractivity contribution in [3.8, 4) is 0 Å². The smallest absolute Gasteiger partial charge is 0.254 e. The van der Waals surface area contributed by atoms with Crippen LogP contribution in [0.1, 0.15) is 41.4 Å². The Morgan fingerprint density at radius 3 is 2.67 bits per heavy atom. The lowest BCUT2D eigenvalue weighted by Crippen LogP contribution is -2.40. The van der Waals surface area contributed by atoms with Crippen LogP contribution in [0.2, 0.25) is 10.3 Å². The summed E-state index contributed by atoms with van der Waals surface area (Å²) >= 11 is 11.9. The number of hydrogen-bond acceptors (Lipinski definition) is 5. The molecule has 7 nitrogen and oxygen atoms in total. The second kappa shape index (κ2) is 5.98. The molecular formula is C15H17Cl2N5O2. The molecule has 1 N–H and O–H groups in total. The average Bonchev–Trinajstić information content (AvgIpc) is 2.93. The van der Waals surface area contributed by atoms with Gasteiger partial charge in [0.05, 0.1) is 6.54 Å². The molecular weight excluding hydrogens is 353 g/mol. The fourth-order valence-electron chi connectivity index (χ4n) is 2.72. The van der Waals surface area contributed by atoms with Crippen molar-refractivity contribution in [2.24, 2.45) is 0 Å². The monoisotopic (exact) mass is 369 g/mol. The van der Waals surface area contributed by atoms with Crippen LogP contribution in [0.4, 0.5) is 0 Å². The Morgan fingerprint density at radius 2 is 2.00 bits per heavy atom. The van der Waals surface area contributed by atoms with E-state index in [1.165, 1.54) is 6.07 Å². The third-order valence-electron chi connectivity index (χ3n) is 4.00. The summed E-state index contributed by atoms with van der Waals surface area (Å²) in [5, 5.41) is 18.7. The number of carbonyl (C=O) groups excluding carboxylic acids is 1. The molecule has 0 bridgehead atoms. The lowest BCUT2D eigenvalue weighted by Gasteiger charge is -2.29. The Kier molecular flexibility index (Phi) is 4.27. The van der Waals surface area contributed by atoms with Crippen LogP contribution in [0.5, 0.6) is 0 Å². The number of halogens is 2. The van der Waals surface area contributed by atoms with Gasteiger partial charge >= 0.3 is 0 Å². The van der Waals surface area contributed by atoms with Crippen molar-refractivity contribution >= 4 is 29.1 Å². The molecule has 0 radical (unpaired) electrons. The minimum absolute atomic E-state index is 0.179. The summed E-state index contributed by atoms with van der Waals surface area (Å²) in [6.45, 7) is 6.35. The largest absolute Gasteiger partial charge is 0.382 e. The summed E-state index contributed by atoms with van der Waals surface area (Å²) in [6.07, 6.45) is 0. The highest BCUT2D eigenvalue weighted by Gasteiger charge is 2.31. The van der Waals surface area contributed by atoms with Gasteiger partial charge in [-0.15, -0.1) is 10.2 Å². The van der Waals surface area contributed by atoms with Crippen LogP contribution in [-0.2, 0) is 18.7 Å². The van der Waals surface area contributed by atoms with Gasteiger partial charge < -0.3 is 14.6 Å². The molecule has 128 valence electrons. The number of pyridine rings is 1. The van der Waals surface area contributed by atoms with Crippen LogP contribution in [-0.4, -0.2) is 42.2 Å². The molecule has 0 atom stereocenters. The number of rotatable bonds is 2. The zero-order valence-electron chi connectivity index (χ0n) is 13.5. The van der Waals surface area contributed by atoms with Crippen LogP contribution >= 0.6 is 23.2 Å². The molecule has 1 aliphatic rings. The predicted molar refractivity (Wildman–Crippen MR) is 89.0 cm³/mol. The number of aromatic nitrogens is 4. The molecule has 0 saturated heterocycles. The SMILES string of the molecule is Cc1c(C(=O)N2CCn3c(nnc3C(C)(C)O)C2)cc(Cl)nc1Cl. The lowest BCUT2D eigenvalue weighted by molar-refractivity contribution is 0.0589. The molecule has 0 spiro atoms. The van der Waals surface area contributed by atoms with E-state index < -0.39 is 5.60 Å². The fraction of sp³-hybridized carbons (Fsp3) is 0.467. The predicted octanol–water partition coefficient (Wildman–Crippen LogP) is 2.17. The lowest BCUT2D eigenvalue weighted by atomic mass is 10.1.